The van der Waals surface area contributed by atoms with E-state index >= 15 is 0 Å². The highest BCUT2D eigenvalue weighted by Crippen LogP contribution is 2.22. The number of rotatable bonds is 5. The maximum absolute atomic E-state index is 12.6. The van der Waals surface area contributed by atoms with E-state index in [4.69, 9.17) is 9.15 Å². The first-order valence-corrected chi connectivity index (χ1v) is 10.1. The molecule has 0 radical (unpaired) electrons. The molecule has 0 aliphatic carbocycles. The molecule has 30 heavy (non-hydrogen) atoms. The van der Waals surface area contributed by atoms with Crippen LogP contribution in [-0.2, 0) is 9.53 Å². The van der Waals surface area contributed by atoms with Gasteiger partial charge in [0.2, 0.25) is 0 Å². The van der Waals surface area contributed by atoms with Gasteiger partial charge in [-0.15, -0.1) is 0 Å². The Bertz CT molecular complexity index is 900. The van der Waals surface area contributed by atoms with Gasteiger partial charge in [0.1, 0.15) is 11.4 Å². The molecule has 2 saturated heterocycles. The van der Waals surface area contributed by atoms with E-state index in [-0.39, 0.29) is 24.2 Å². The van der Waals surface area contributed by atoms with E-state index in [2.05, 4.69) is 9.88 Å². The molecule has 9 nitrogen and oxygen atoms in total. The van der Waals surface area contributed by atoms with Gasteiger partial charge in [0, 0.05) is 45.5 Å². The van der Waals surface area contributed by atoms with Crippen LogP contribution < -0.4 is 4.90 Å². The summed E-state index contributed by atoms with van der Waals surface area (Å²) in [4.78, 5) is 47.0. The maximum Gasteiger partial charge on any atom is 0.342 e. The number of aromatic nitrogens is 1. The van der Waals surface area contributed by atoms with Crippen LogP contribution in [0.2, 0.25) is 0 Å². The number of furan rings is 1. The first kappa shape index (κ1) is 19.9. The molecule has 2 fully saturated rings. The van der Waals surface area contributed by atoms with Gasteiger partial charge in [0.05, 0.1) is 6.26 Å². The Labute approximate surface area is 174 Å². The van der Waals surface area contributed by atoms with Crippen LogP contribution in [-0.4, -0.2) is 78.4 Å². The third kappa shape index (κ3) is 4.29. The van der Waals surface area contributed by atoms with Gasteiger partial charge in [0.25, 0.3) is 11.8 Å². The largest absolute Gasteiger partial charge is 0.459 e. The van der Waals surface area contributed by atoms with Gasteiger partial charge in [-0.05, 0) is 37.1 Å². The molecule has 2 aliphatic rings. The lowest BCUT2D eigenvalue weighted by atomic mass is 10.2. The summed E-state index contributed by atoms with van der Waals surface area (Å²) >= 11 is 0. The predicted molar refractivity (Wildman–Crippen MR) is 107 cm³/mol. The summed E-state index contributed by atoms with van der Waals surface area (Å²) in [7, 11) is 0. The Balaban J connectivity index is 1.28. The van der Waals surface area contributed by atoms with Crippen LogP contribution in [0.1, 0.15) is 33.8 Å². The van der Waals surface area contributed by atoms with E-state index in [0.717, 1.165) is 25.9 Å². The highest BCUT2D eigenvalue weighted by atomic mass is 16.5. The van der Waals surface area contributed by atoms with Gasteiger partial charge in [0.15, 0.2) is 12.4 Å². The highest BCUT2D eigenvalue weighted by molar-refractivity contribution is 5.96. The molecular formula is C21H24N4O5. The van der Waals surface area contributed by atoms with E-state index in [1.165, 1.54) is 6.26 Å². The molecule has 2 amide bonds. The van der Waals surface area contributed by atoms with Crippen molar-refractivity contribution in [2.75, 3.05) is 50.8 Å². The van der Waals surface area contributed by atoms with E-state index in [0.29, 0.717) is 37.6 Å². The molecule has 0 N–H and O–H groups in total. The zero-order valence-electron chi connectivity index (χ0n) is 16.7. The van der Waals surface area contributed by atoms with E-state index in [1.807, 2.05) is 0 Å². The minimum Gasteiger partial charge on any atom is -0.459 e. The molecule has 0 atom stereocenters. The number of anilines is 1. The second kappa shape index (κ2) is 8.98. The first-order valence-electron chi connectivity index (χ1n) is 10.1. The Morgan fingerprint density at radius 1 is 0.967 bits per heavy atom. The third-order valence-corrected chi connectivity index (χ3v) is 5.39. The quantitative estimate of drug-likeness (QED) is 0.685. The second-order valence-corrected chi connectivity index (χ2v) is 7.30. The third-order valence-electron chi connectivity index (χ3n) is 5.39. The maximum atomic E-state index is 12.6. The van der Waals surface area contributed by atoms with E-state index < -0.39 is 5.97 Å². The topological polar surface area (TPSA) is 96.2 Å². The lowest BCUT2D eigenvalue weighted by molar-refractivity contribution is -0.136. The number of carbonyl (C=O) groups is 3. The molecule has 4 heterocycles. The molecule has 0 unspecified atom stereocenters. The number of piperazine rings is 1. The molecule has 2 aliphatic heterocycles. The van der Waals surface area contributed by atoms with Crippen LogP contribution in [0.4, 0.5) is 5.82 Å². The van der Waals surface area contributed by atoms with Crippen molar-refractivity contribution >= 4 is 23.6 Å². The molecule has 2 aromatic heterocycles. The van der Waals surface area contributed by atoms with Crippen LogP contribution >= 0.6 is 0 Å². The van der Waals surface area contributed by atoms with Crippen molar-refractivity contribution in [3.8, 4) is 0 Å². The minimum absolute atomic E-state index is 0.190. The van der Waals surface area contributed by atoms with Crippen LogP contribution in [0.15, 0.2) is 41.1 Å². The molecule has 158 valence electrons. The van der Waals surface area contributed by atoms with Crippen molar-refractivity contribution in [1.82, 2.24) is 14.8 Å². The van der Waals surface area contributed by atoms with Crippen LogP contribution in [0, 0.1) is 0 Å². The average molecular weight is 412 g/mol. The number of hydrogen-bond acceptors (Lipinski definition) is 7. The number of hydrogen-bond donors (Lipinski definition) is 0. The molecule has 2 aromatic rings. The Hall–Kier alpha value is -3.36. The lowest BCUT2D eigenvalue weighted by Crippen LogP contribution is -2.51. The SMILES string of the molecule is O=C(OCC(=O)N1CCN(C(=O)c2ccco2)CC1)c1cccnc1N1CCCC1. The normalized spacial score (nSPS) is 16.6. The summed E-state index contributed by atoms with van der Waals surface area (Å²) in [6.45, 7) is 2.96. The fourth-order valence-corrected chi connectivity index (χ4v) is 3.75. The number of esters is 1. The number of pyridine rings is 1. The molecule has 0 aromatic carbocycles. The van der Waals surface area contributed by atoms with Gasteiger partial charge in [-0.25, -0.2) is 9.78 Å². The summed E-state index contributed by atoms with van der Waals surface area (Å²) in [5, 5.41) is 0. The zero-order chi connectivity index (χ0) is 20.9. The number of nitrogens with zero attached hydrogens (tertiary/aromatic N) is 4. The van der Waals surface area contributed by atoms with Crippen molar-refractivity contribution < 1.29 is 23.5 Å². The average Bonchev–Trinajstić information content (AvgIpc) is 3.51. The lowest BCUT2D eigenvalue weighted by Gasteiger charge is -2.34. The molecule has 9 heteroatoms. The van der Waals surface area contributed by atoms with Crippen LogP contribution in [0.25, 0.3) is 0 Å². The summed E-state index contributed by atoms with van der Waals surface area (Å²) in [5.74, 6) is -0.124. The van der Waals surface area contributed by atoms with Crippen LogP contribution in [0.3, 0.4) is 0 Å². The zero-order valence-corrected chi connectivity index (χ0v) is 16.7. The fourth-order valence-electron chi connectivity index (χ4n) is 3.75. The predicted octanol–water partition coefficient (Wildman–Crippen LogP) is 1.42. The van der Waals surface area contributed by atoms with E-state index in [9.17, 15) is 14.4 Å². The first-order chi connectivity index (χ1) is 14.6. The van der Waals surface area contributed by atoms with Gasteiger partial charge >= 0.3 is 5.97 Å². The minimum atomic E-state index is -0.551. The van der Waals surface area contributed by atoms with Gasteiger partial charge < -0.3 is 23.9 Å². The highest BCUT2D eigenvalue weighted by Gasteiger charge is 2.27. The van der Waals surface area contributed by atoms with Crippen molar-refractivity contribution in [2.24, 2.45) is 0 Å². The van der Waals surface area contributed by atoms with Crippen molar-refractivity contribution in [3.05, 3.63) is 48.0 Å². The van der Waals surface area contributed by atoms with Gasteiger partial charge in [-0.3, -0.25) is 9.59 Å². The van der Waals surface area contributed by atoms with E-state index in [1.54, 1.807) is 40.3 Å². The monoisotopic (exact) mass is 412 g/mol. The van der Waals surface area contributed by atoms with Crippen molar-refractivity contribution in [3.63, 3.8) is 0 Å². The number of carbonyl (C=O) groups excluding carboxylic acids is 3. The summed E-state index contributed by atoms with van der Waals surface area (Å²) in [6, 6.07) is 6.65. The van der Waals surface area contributed by atoms with Crippen LogP contribution in [0.5, 0.6) is 0 Å². The summed E-state index contributed by atoms with van der Waals surface area (Å²) < 4.78 is 10.4. The smallest absolute Gasteiger partial charge is 0.342 e. The Morgan fingerprint density at radius 3 is 2.40 bits per heavy atom. The molecule has 4 rings (SSSR count). The Kier molecular flexibility index (Phi) is 5.97. The van der Waals surface area contributed by atoms with Crippen molar-refractivity contribution in [1.29, 1.82) is 0 Å². The second-order valence-electron chi connectivity index (χ2n) is 7.30. The standard InChI is InChI=1S/C21H24N4O5/c26-18(23-10-12-25(13-11-23)20(27)17-6-4-14-29-17)15-30-21(28)16-5-3-7-22-19(16)24-8-1-2-9-24/h3-7,14H,1-2,8-13,15H2. The van der Waals surface area contributed by atoms with Crippen molar-refractivity contribution in [2.45, 2.75) is 12.8 Å². The summed E-state index contributed by atoms with van der Waals surface area (Å²) in [6.07, 6.45) is 5.24. The summed E-state index contributed by atoms with van der Waals surface area (Å²) in [5.41, 5.74) is 0.376. The molecule has 0 spiro atoms. The number of ether oxygens (including phenoxy) is 1. The molecule has 0 saturated carbocycles. The fraction of sp³-hybridized carbons (Fsp3) is 0.429. The van der Waals surface area contributed by atoms with Gasteiger partial charge in [-0.2, -0.15) is 0 Å². The number of amides is 2. The molecular weight excluding hydrogens is 388 g/mol. The van der Waals surface area contributed by atoms with Gasteiger partial charge in [-0.1, -0.05) is 0 Å². The molecule has 0 bridgehead atoms. The Morgan fingerprint density at radius 2 is 1.70 bits per heavy atom.